The molecule has 1 aliphatic rings. The second kappa shape index (κ2) is 3.14. The van der Waals surface area contributed by atoms with E-state index in [1.807, 2.05) is 0 Å². The topological polar surface area (TPSA) is 55.5 Å². The van der Waals surface area contributed by atoms with E-state index in [1.54, 1.807) is 25.3 Å². The Morgan fingerprint density at radius 1 is 1.64 bits per heavy atom. The van der Waals surface area contributed by atoms with Gasteiger partial charge in [0.15, 0.2) is 0 Å². The first-order chi connectivity index (χ1) is 5.24. The summed E-state index contributed by atoms with van der Waals surface area (Å²) in [5.41, 5.74) is 5.81. The molecule has 0 amide bonds. The molecule has 0 fully saturated rings. The highest BCUT2D eigenvalue weighted by atomic mass is 16.5. The SMILES string of the molecule is COC1=CC(N)=C(O)C=CC1. The van der Waals surface area contributed by atoms with E-state index >= 15 is 0 Å². The van der Waals surface area contributed by atoms with Crippen LogP contribution >= 0.6 is 0 Å². The number of ether oxygens (including phenoxy) is 1. The Hall–Kier alpha value is -1.38. The summed E-state index contributed by atoms with van der Waals surface area (Å²) in [6.45, 7) is 0. The predicted molar refractivity (Wildman–Crippen MR) is 42.7 cm³/mol. The molecule has 3 N–H and O–H groups in total. The lowest BCUT2D eigenvalue weighted by Gasteiger charge is -2.00. The van der Waals surface area contributed by atoms with Crippen molar-refractivity contribution in [2.24, 2.45) is 5.73 Å². The van der Waals surface area contributed by atoms with Crippen molar-refractivity contribution in [1.29, 1.82) is 0 Å². The highest BCUT2D eigenvalue weighted by Gasteiger charge is 2.02. The van der Waals surface area contributed by atoms with Crippen LogP contribution in [0.25, 0.3) is 0 Å². The number of methoxy groups -OCH3 is 1. The maximum absolute atomic E-state index is 9.14. The van der Waals surface area contributed by atoms with E-state index in [0.29, 0.717) is 12.1 Å². The third-order valence-corrected chi connectivity index (χ3v) is 1.47. The monoisotopic (exact) mass is 153 g/mol. The first-order valence-electron chi connectivity index (χ1n) is 3.34. The van der Waals surface area contributed by atoms with Crippen LogP contribution in [-0.4, -0.2) is 12.2 Å². The molecule has 0 saturated heterocycles. The zero-order valence-electron chi connectivity index (χ0n) is 6.37. The highest BCUT2D eigenvalue weighted by Crippen LogP contribution is 2.12. The molecule has 0 aromatic carbocycles. The van der Waals surface area contributed by atoms with Crippen LogP contribution in [0.5, 0.6) is 0 Å². The van der Waals surface area contributed by atoms with Gasteiger partial charge < -0.3 is 15.6 Å². The van der Waals surface area contributed by atoms with Gasteiger partial charge in [0.25, 0.3) is 0 Å². The van der Waals surface area contributed by atoms with Crippen LogP contribution in [0.4, 0.5) is 0 Å². The fraction of sp³-hybridized carbons (Fsp3) is 0.250. The van der Waals surface area contributed by atoms with Crippen LogP contribution in [0.1, 0.15) is 6.42 Å². The van der Waals surface area contributed by atoms with Crippen molar-refractivity contribution in [2.75, 3.05) is 7.11 Å². The van der Waals surface area contributed by atoms with Crippen LogP contribution in [0, 0.1) is 0 Å². The van der Waals surface area contributed by atoms with Crippen molar-refractivity contribution in [3.8, 4) is 0 Å². The Morgan fingerprint density at radius 2 is 2.36 bits per heavy atom. The van der Waals surface area contributed by atoms with Crippen molar-refractivity contribution in [3.63, 3.8) is 0 Å². The van der Waals surface area contributed by atoms with Gasteiger partial charge in [-0.3, -0.25) is 0 Å². The van der Waals surface area contributed by atoms with Gasteiger partial charge in [0.1, 0.15) is 11.5 Å². The summed E-state index contributed by atoms with van der Waals surface area (Å²) in [7, 11) is 1.58. The van der Waals surface area contributed by atoms with Gasteiger partial charge in [-0.05, 0) is 6.08 Å². The Labute approximate surface area is 65.5 Å². The highest BCUT2D eigenvalue weighted by molar-refractivity contribution is 5.31. The summed E-state index contributed by atoms with van der Waals surface area (Å²) in [6.07, 6.45) is 5.65. The molecule has 0 spiro atoms. The van der Waals surface area contributed by atoms with E-state index in [4.69, 9.17) is 15.6 Å². The molecule has 0 aliphatic heterocycles. The van der Waals surface area contributed by atoms with Gasteiger partial charge in [0.2, 0.25) is 0 Å². The van der Waals surface area contributed by atoms with Crippen molar-refractivity contribution < 1.29 is 9.84 Å². The van der Waals surface area contributed by atoms with Gasteiger partial charge in [-0.1, -0.05) is 6.08 Å². The van der Waals surface area contributed by atoms with Crippen molar-refractivity contribution >= 4 is 0 Å². The summed E-state index contributed by atoms with van der Waals surface area (Å²) < 4.78 is 4.97. The molecule has 0 radical (unpaired) electrons. The Kier molecular flexibility index (Phi) is 2.21. The van der Waals surface area contributed by atoms with E-state index in [2.05, 4.69) is 0 Å². The molecule has 60 valence electrons. The average Bonchev–Trinajstić information content (AvgIpc) is 2.15. The molecule has 0 aromatic heterocycles. The minimum Gasteiger partial charge on any atom is -0.506 e. The molecule has 3 nitrogen and oxygen atoms in total. The minimum atomic E-state index is 0.0945. The second-order valence-electron chi connectivity index (χ2n) is 2.26. The van der Waals surface area contributed by atoms with Crippen molar-refractivity contribution in [1.82, 2.24) is 0 Å². The van der Waals surface area contributed by atoms with Crippen molar-refractivity contribution in [2.45, 2.75) is 6.42 Å². The van der Waals surface area contributed by atoms with E-state index in [-0.39, 0.29) is 5.76 Å². The molecule has 3 heteroatoms. The molecular weight excluding hydrogens is 142 g/mol. The first-order valence-corrected chi connectivity index (χ1v) is 3.34. The summed E-state index contributed by atoms with van der Waals surface area (Å²) in [5.74, 6) is 0.847. The van der Waals surface area contributed by atoms with Gasteiger partial charge >= 0.3 is 0 Å². The van der Waals surface area contributed by atoms with Crippen LogP contribution in [0.15, 0.2) is 35.4 Å². The van der Waals surface area contributed by atoms with Crippen LogP contribution in [0.2, 0.25) is 0 Å². The Morgan fingerprint density at radius 3 is 3.00 bits per heavy atom. The summed E-state index contributed by atoms with van der Waals surface area (Å²) >= 11 is 0. The molecule has 1 rings (SSSR count). The third-order valence-electron chi connectivity index (χ3n) is 1.47. The van der Waals surface area contributed by atoms with Gasteiger partial charge in [-0.25, -0.2) is 0 Å². The van der Waals surface area contributed by atoms with Crippen LogP contribution in [0.3, 0.4) is 0 Å². The lowest BCUT2D eigenvalue weighted by Crippen LogP contribution is -1.98. The number of nitrogens with two attached hydrogens (primary N) is 1. The zero-order chi connectivity index (χ0) is 8.27. The van der Waals surface area contributed by atoms with E-state index in [1.165, 1.54) is 0 Å². The summed E-state index contributed by atoms with van der Waals surface area (Å²) in [5, 5.41) is 9.14. The molecule has 0 bridgehead atoms. The molecule has 11 heavy (non-hydrogen) atoms. The number of allylic oxidation sites excluding steroid dienone is 3. The lowest BCUT2D eigenvalue weighted by atomic mass is 10.3. The van der Waals surface area contributed by atoms with Gasteiger partial charge in [-0.15, -0.1) is 0 Å². The summed E-state index contributed by atoms with van der Waals surface area (Å²) in [6, 6.07) is 0. The van der Waals surface area contributed by atoms with Gasteiger partial charge in [0.05, 0.1) is 12.8 Å². The number of aliphatic hydroxyl groups excluding tert-OH is 1. The molecule has 0 saturated carbocycles. The summed E-state index contributed by atoms with van der Waals surface area (Å²) in [4.78, 5) is 0. The third kappa shape index (κ3) is 1.77. The number of rotatable bonds is 1. The molecule has 1 aliphatic carbocycles. The predicted octanol–water partition coefficient (Wildman–Crippen LogP) is 1.20. The smallest absolute Gasteiger partial charge is 0.138 e. The number of aliphatic hydroxyl groups is 1. The quantitative estimate of drug-likeness (QED) is 0.595. The first kappa shape index (κ1) is 7.72. The van der Waals surface area contributed by atoms with E-state index < -0.39 is 0 Å². The zero-order valence-corrected chi connectivity index (χ0v) is 6.37. The number of hydrogen-bond acceptors (Lipinski definition) is 3. The van der Waals surface area contributed by atoms with E-state index in [9.17, 15) is 0 Å². The van der Waals surface area contributed by atoms with Crippen molar-refractivity contribution in [3.05, 3.63) is 35.4 Å². The van der Waals surface area contributed by atoms with Gasteiger partial charge in [-0.2, -0.15) is 0 Å². The van der Waals surface area contributed by atoms with Crippen LogP contribution < -0.4 is 5.73 Å². The maximum atomic E-state index is 9.14. The average molecular weight is 153 g/mol. The number of hydrogen-bond donors (Lipinski definition) is 2. The normalized spacial score (nSPS) is 17.7. The molecule has 0 heterocycles. The Balaban J connectivity index is 2.92. The lowest BCUT2D eigenvalue weighted by molar-refractivity contribution is 0.284. The minimum absolute atomic E-state index is 0.0945. The van der Waals surface area contributed by atoms with E-state index in [0.717, 1.165) is 5.76 Å². The maximum Gasteiger partial charge on any atom is 0.138 e. The largest absolute Gasteiger partial charge is 0.506 e. The molecule has 0 unspecified atom stereocenters. The van der Waals surface area contributed by atoms with Crippen LogP contribution in [-0.2, 0) is 4.74 Å². The fourth-order valence-electron chi connectivity index (χ4n) is 0.832. The molecular formula is C8H11NO2. The standard InChI is InChI=1S/C8H11NO2/c1-11-6-3-2-4-8(10)7(9)5-6/h2,4-5,10H,3,9H2,1H3. The van der Waals surface area contributed by atoms with Gasteiger partial charge in [0, 0.05) is 12.5 Å². The molecule has 0 aromatic rings. The second-order valence-corrected chi connectivity index (χ2v) is 2.26. The Bertz CT molecular complexity index is 238. The fourth-order valence-corrected chi connectivity index (χ4v) is 0.832. The molecule has 0 atom stereocenters.